The number of carbonyl (C=O) groups excluding carboxylic acids is 1. The zero-order valence-corrected chi connectivity index (χ0v) is 12.4. The third-order valence-electron chi connectivity index (χ3n) is 3.33. The molecule has 0 spiro atoms. The van der Waals surface area contributed by atoms with Gasteiger partial charge in [0, 0.05) is 23.0 Å². The molecule has 0 saturated heterocycles. The van der Waals surface area contributed by atoms with Gasteiger partial charge in [-0.05, 0) is 32.4 Å². The van der Waals surface area contributed by atoms with Crippen molar-refractivity contribution in [2.45, 2.75) is 45.3 Å². The lowest BCUT2D eigenvalue weighted by Crippen LogP contribution is -2.40. The number of rotatable bonds is 3. The number of hydrogen-bond donors (Lipinski definition) is 2. The predicted octanol–water partition coefficient (Wildman–Crippen LogP) is 2.94. The van der Waals surface area contributed by atoms with Crippen molar-refractivity contribution in [2.24, 2.45) is 5.73 Å². The van der Waals surface area contributed by atoms with Gasteiger partial charge < -0.3 is 15.5 Å². The molecule has 20 heavy (non-hydrogen) atoms. The van der Waals surface area contributed by atoms with Gasteiger partial charge in [-0.2, -0.15) is 0 Å². The number of aromatic amines is 1. The van der Waals surface area contributed by atoms with E-state index in [-0.39, 0.29) is 11.9 Å². The summed E-state index contributed by atoms with van der Waals surface area (Å²) in [5.74, 6) is -0.476. The zero-order chi connectivity index (χ0) is 14.9. The molecule has 2 rings (SSSR count). The zero-order valence-electron chi connectivity index (χ0n) is 12.4. The van der Waals surface area contributed by atoms with Gasteiger partial charge in [-0.25, -0.2) is 0 Å². The van der Waals surface area contributed by atoms with E-state index < -0.39 is 11.6 Å². The van der Waals surface area contributed by atoms with Gasteiger partial charge >= 0.3 is 5.97 Å². The first kappa shape index (κ1) is 14.6. The number of ether oxygens (including phenoxy) is 1. The molecule has 1 aromatic carbocycles. The Morgan fingerprint density at radius 1 is 1.30 bits per heavy atom. The average Bonchev–Trinajstić information content (AvgIpc) is 2.78. The second kappa shape index (κ2) is 5.29. The van der Waals surface area contributed by atoms with E-state index in [0.29, 0.717) is 0 Å². The highest BCUT2D eigenvalue weighted by atomic mass is 16.6. The standard InChI is InChI=1S/C16H22N2O2/c1-10(14(17)15(19)20-16(2,3)4)12-9-18-13-8-6-5-7-11(12)13/h5-10,14,18H,17H2,1-4H3/t10-,14+/m1/s1. The van der Waals surface area contributed by atoms with Crippen LogP contribution in [0.25, 0.3) is 10.9 Å². The van der Waals surface area contributed by atoms with E-state index in [2.05, 4.69) is 4.98 Å². The predicted molar refractivity (Wildman–Crippen MR) is 80.5 cm³/mol. The summed E-state index contributed by atoms with van der Waals surface area (Å²) in [5.41, 5.74) is 7.63. The molecule has 1 heterocycles. The molecule has 0 amide bonds. The highest BCUT2D eigenvalue weighted by Gasteiger charge is 2.28. The molecule has 0 fully saturated rings. The first-order chi connectivity index (χ1) is 9.29. The molecular weight excluding hydrogens is 252 g/mol. The second-order valence-corrected chi connectivity index (χ2v) is 6.14. The Kier molecular flexibility index (Phi) is 3.86. The number of H-pyrrole nitrogens is 1. The summed E-state index contributed by atoms with van der Waals surface area (Å²) in [4.78, 5) is 15.3. The summed E-state index contributed by atoms with van der Waals surface area (Å²) in [6.07, 6.45) is 1.92. The summed E-state index contributed by atoms with van der Waals surface area (Å²) >= 11 is 0. The Labute approximate surface area is 119 Å². The van der Waals surface area contributed by atoms with E-state index in [1.54, 1.807) is 0 Å². The highest BCUT2D eigenvalue weighted by Crippen LogP contribution is 2.27. The van der Waals surface area contributed by atoms with E-state index in [1.165, 1.54) is 0 Å². The van der Waals surface area contributed by atoms with Gasteiger partial charge in [-0.1, -0.05) is 25.1 Å². The van der Waals surface area contributed by atoms with E-state index in [9.17, 15) is 4.79 Å². The SMILES string of the molecule is C[C@H](c1c[nH]c2ccccc12)[C@H](N)C(=O)OC(C)(C)C. The molecule has 0 aliphatic heterocycles. The molecule has 2 aromatic rings. The van der Waals surface area contributed by atoms with Gasteiger partial charge in [0.1, 0.15) is 11.6 Å². The Bertz CT molecular complexity index is 610. The van der Waals surface area contributed by atoms with Crippen LogP contribution in [0.1, 0.15) is 39.2 Å². The third kappa shape index (κ3) is 3.02. The molecule has 0 radical (unpaired) electrons. The van der Waals surface area contributed by atoms with Crippen LogP contribution in [0, 0.1) is 0 Å². The van der Waals surface area contributed by atoms with Crippen molar-refractivity contribution >= 4 is 16.9 Å². The lowest BCUT2D eigenvalue weighted by molar-refractivity contribution is -0.156. The Hall–Kier alpha value is -1.81. The fourth-order valence-electron chi connectivity index (χ4n) is 2.24. The van der Waals surface area contributed by atoms with Crippen LogP contribution in [-0.4, -0.2) is 22.6 Å². The summed E-state index contributed by atoms with van der Waals surface area (Å²) in [5, 5.41) is 1.10. The number of aromatic nitrogens is 1. The normalized spacial score (nSPS) is 15.1. The molecule has 4 heteroatoms. The minimum atomic E-state index is -0.673. The van der Waals surface area contributed by atoms with Crippen LogP contribution < -0.4 is 5.73 Å². The maximum Gasteiger partial charge on any atom is 0.324 e. The van der Waals surface area contributed by atoms with Gasteiger partial charge in [-0.3, -0.25) is 4.79 Å². The number of hydrogen-bond acceptors (Lipinski definition) is 3. The summed E-state index contributed by atoms with van der Waals surface area (Å²) in [6, 6.07) is 7.31. The number of para-hydroxylation sites is 1. The van der Waals surface area contributed by atoms with Crippen LogP contribution >= 0.6 is 0 Å². The smallest absolute Gasteiger partial charge is 0.324 e. The molecule has 0 aliphatic carbocycles. The third-order valence-corrected chi connectivity index (χ3v) is 3.33. The van der Waals surface area contributed by atoms with Crippen LogP contribution in [-0.2, 0) is 9.53 Å². The van der Waals surface area contributed by atoms with Gasteiger partial charge in [0.05, 0.1) is 0 Å². The number of carbonyl (C=O) groups is 1. The number of esters is 1. The second-order valence-electron chi connectivity index (χ2n) is 6.14. The summed E-state index contributed by atoms with van der Waals surface area (Å²) in [7, 11) is 0. The molecule has 4 nitrogen and oxygen atoms in total. The highest BCUT2D eigenvalue weighted by molar-refractivity contribution is 5.85. The van der Waals surface area contributed by atoms with E-state index in [4.69, 9.17) is 10.5 Å². The lowest BCUT2D eigenvalue weighted by atomic mass is 9.93. The van der Waals surface area contributed by atoms with Crippen LogP contribution in [0.4, 0.5) is 0 Å². The number of nitrogens with one attached hydrogen (secondary N) is 1. The minimum Gasteiger partial charge on any atom is -0.459 e. The van der Waals surface area contributed by atoms with Crippen molar-refractivity contribution in [2.75, 3.05) is 0 Å². The average molecular weight is 274 g/mol. The molecule has 0 aliphatic rings. The van der Waals surface area contributed by atoms with Crippen LogP contribution in [0.2, 0.25) is 0 Å². The molecular formula is C16H22N2O2. The Morgan fingerprint density at radius 3 is 2.60 bits per heavy atom. The van der Waals surface area contributed by atoms with Crippen molar-refractivity contribution in [3.05, 3.63) is 36.0 Å². The Balaban J connectivity index is 2.22. The fraction of sp³-hybridized carbons (Fsp3) is 0.438. The van der Waals surface area contributed by atoms with Crippen molar-refractivity contribution < 1.29 is 9.53 Å². The van der Waals surface area contributed by atoms with Gasteiger partial charge in [0.2, 0.25) is 0 Å². The van der Waals surface area contributed by atoms with E-state index >= 15 is 0 Å². The van der Waals surface area contributed by atoms with Gasteiger partial charge in [-0.15, -0.1) is 0 Å². The number of nitrogens with two attached hydrogens (primary N) is 1. The minimum absolute atomic E-state index is 0.110. The van der Waals surface area contributed by atoms with Crippen LogP contribution in [0.5, 0.6) is 0 Å². The van der Waals surface area contributed by atoms with Crippen molar-refractivity contribution in [1.29, 1.82) is 0 Å². The van der Waals surface area contributed by atoms with Crippen molar-refractivity contribution in [3.8, 4) is 0 Å². The number of benzene rings is 1. The summed E-state index contributed by atoms with van der Waals surface area (Å²) in [6.45, 7) is 7.47. The van der Waals surface area contributed by atoms with Crippen LogP contribution in [0.15, 0.2) is 30.5 Å². The van der Waals surface area contributed by atoms with Crippen molar-refractivity contribution in [1.82, 2.24) is 4.98 Å². The molecule has 2 atom stereocenters. The summed E-state index contributed by atoms with van der Waals surface area (Å²) < 4.78 is 5.36. The van der Waals surface area contributed by atoms with E-state index in [1.807, 2.05) is 58.2 Å². The largest absolute Gasteiger partial charge is 0.459 e. The number of fused-ring (bicyclic) bond motifs is 1. The lowest BCUT2D eigenvalue weighted by Gasteiger charge is -2.25. The van der Waals surface area contributed by atoms with E-state index in [0.717, 1.165) is 16.5 Å². The molecule has 0 bridgehead atoms. The molecule has 1 aromatic heterocycles. The molecule has 3 N–H and O–H groups in total. The molecule has 0 unspecified atom stereocenters. The molecule has 0 saturated carbocycles. The van der Waals surface area contributed by atoms with Crippen molar-refractivity contribution in [3.63, 3.8) is 0 Å². The fourth-order valence-corrected chi connectivity index (χ4v) is 2.24. The van der Waals surface area contributed by atoms with Gasteiger partial charge in [0.15, 0.2) is 0 Å². The van der Waals surface area contributed by atoms with Crippen LogP contribution in [0.3, 0.4) is 0 Å². The topological polar surface area (TPSA) is 68.1 Å². The maximum absolute atomic E-state index is 12.1. The molecule has 108 valence electrons. The Morgan fingerprint density at radius 2 is 1.95 bits per heavy atom. The maximum atomic E-state index is 12.1. The first-order valence-electron chi connectivity index (χ1n) is 6.84. The first-order valence-corrected chi connectivity index (χ1v) is 6.84. The quantitative estimate of drug-likeness (QED) is 0.846. The van der Waals surface area contributed by atoms with Gasteiger partial charge in [0.25, 0.3) is 0 Å². The monoisotopic (exact) mass is 274 g/mol.